The molecule has 0 N–H and O–H groups in total. The van der Waals surface area contributed by atoms with Crippen molar-refractivity contribution >= 4 is 43.0 Å². The molecule has 1 aliphatic rings. The molecule has 0 saturated carbocycles. The second-order valence-electron chi connectivity index (χ2n) is 6.01. The van der Waals surface area contributed by atoms with E-state index < -0.39 is 0 Å². The van der Waals surface area contributed by atoms with Crippen molar-refractivity contribution < 1.29 is 4.74 Å². The lowest BCUT2D eigenvalue weighted by atomic mass is 9.90. The van der Waals surface area contributed by atoms with Crippen LogP contribution in [0.25, 0.3) is 11.1 Å². The highest BCUT2D eigenvalue weighted by molar-refractivity contribution is 9.10. The lowest BCUT2D eigenvalue weighted by molar-refractivity contribution is 0.137. The molecule has 1 aliphatic heterocycles. The van der Waals surface area contributed by atoms with Gasteiger partial charge in [-0.15, -0.1) is 0 Å². The van der Waals surface area contributed by atoms with Gasteiger partial charge in [-0.3, -0.25) is 0 Å². The quantitative estimate of drug-likeness (QED) is 0.417. The van der Waals surface area contributed by atoms with Gasteiger partial charge in [0.1, 0.15) is 6.10 Å². The molecule has 25 heavy (non-hydrogen) atoms. The Morgan fingerprint density at radius 3 is 1.92 bits per heavy atom. The first kappa shape index (κ1) is 16.8. The summed E-state index contributed by atoms with van der Waals surface area (Å²) in [6.45, 7) is 0.618. The third-order valence-corrected chi connectivity index (χ3v) is 5.49. The maximum atomic E-state index is 6.24. The van der Waals surface area contributed by atoms with Gasteiger partial charge in [0.2, 0.25) is 0 Å². The van der Waals surface area contributed by atoms with Crippen molar-refractivity contribution in [2.24, 2.45) is 0 Å². The van der Waals surface area contributed by atoms with E-state index in [1.54, 1.807) is 0 Å². The van der Waals surface area contributed by atoms with E-state index in [2.05, 4.69) is 105 Å². The van der Waals surface area contributed by atoms with Crippen molar-refractivity contribution in [3.05, 3.63) is 104 Å². The summed E-state index contributed by atoms with van der Waals surface area (Å²) >= 11 is 7.03. The first-order valence-corrected chi connectivity index (χ1v) is 9.72. The molecule has 3 aromatic carbocycles. The molecular weight excluding hydrogens is 440 g/mol. The van der Waals surface area contributed by atoms with Crippen LogP contribution < -0.4 is 0 Å². The van der Waals surface area contributed by atoms with Crippen molar-refractivity contribution in [3.63, 3.8) is 0 Å². The summed E-state index contributed by atoms with van der Waals surface area (Å²) in [4.78, 5) is 0. The molecule has 0 bridgehead atoms. The third kappa shape index (κ3) is 3.50. The standard InChI is InChI=1S/C22H16Br2O/c23-18-10-6-15(7-11-18)20-14-25-22(17-8-12-19(24)13-9-17)21(20)16-4-2-1-3-5-16/h1-13,22H,14H2. The van der Waals surface area contributed by atoms with Crippen LogP contribution in [-0.4, -0.2) is 6.61 Å². The monoisotopic (exact) mass is 454 g/mol. The van der Waals surface area contributed by atoms with Crippen LogP contribution >= 0.6 is 31.9 Å². The average molecular weight is 456 g/mol. The zero-order chi connectivity index (χ0) is 17.2. The Labute approximate surface area is 164 Å². The summed E-state index contributed by atoms with van der Waals surface area (Å²) in [7, 11) is 0. The summed E-state index contributed by atoms with van der Waals surface area (Å²) in [5.74, 6) is 0. The minimum Gasteiger partial charge on any atom is -0.364 e. The van der Waals surface area contributed by atoms with Crippen LogP contribution in [0, 0.1) is 0 Å². The second-order valence-corrected chi connectivity index (χ2v) is 7.84. The fourth-order valence-electron chi connectivity index (χ4n) is 3.22. The number of rotatable bonds is 3. The van der Waals surface area contributed by atoms with Crippen molar-refractivity contribution in [3.8, 4) is 0 Å². The summed E-state index contributed by atoms with van der Waals surface area (Å²) < 4.78 is 8.40. The highest BCUT2D eigenvalue weighted by Crippen LogP contribution is 2.44. The number of hydrogen-bond donors (Lipinski definition) is 0. The van der Waals surface area contributed by atoms with Crippen molar-refractivity contribution in [2.75, 3.05) is 6.61 Å². The minimum absolute atomic E-state index is 0.0471. The van der Waals surface area contributed by atoms with Crippen LogP contribution in [0.15, 0.2) is 87.8 Å². The lowest BCUT2D eigenvalue weighted by Crippen LogP contribution is -2.00. The van der Waals surface area contributed by atoms with Crippen molar-refractivity contribution in [1.82, 2.24) is 0 Å². The number of ether oxygens (including phenoxy) is 1. The second kappa shape index (κ2) is 7.28. The molecule has 3 heteroatoms. The van der Waals surface area contributed by atoms with E-state index in [-0.39, 0.29) is 6.10 Å². The fraction of sp³-hybridized carbons (Fsp3) is 0.0909. The minimum atomic E-state index is -0.0471. The van der Waals surface area contributed by atoms with Gasteiger partial charge in [-0.05, 0) is 52.1 Å². The maximum absolute atomic E-state index is 6.24. The zero-order valence-electron chi connectivity index (χ0n) is 13.5. The van der Waals surface area contributed by atoms with Crippen molar-refractivity contribution in [1.29, 1.82) is 0 Å². The van der Waals surface area contributed by atoms with Gasteiger partial charge < -0.3 is 4.74 Å². The van der Waals surface area contributed by atoms with E-state index in [1.165, 1.54) is 27.8 Å². The molecule has 0 saturated heterocycles. The smallest absolute Gasteiger partial charge is 0.109 e. The normalized spacial score (nSPS) is 17.1. The van der Waals surface area contributed by atoms with E-state index in [0.29, 0.717) is 6.61 Å². The molecule has 1 nitrogen and oxygen atoms in total. The Morgan fingerprint density at radius 1 is 0.680 bits per heavy atom. The van der Waals surface area contributed by atoms with Crippen LogP contribution in [-0.2, 0) is 4.74 Å². The molecule has 3 aromatic rings. The Balaban J connectivity index is 1.86. The van der Waals surface area contributed by atoms with E-state index in [0.717, 1.165) is 8.95 Å². The fourth-order valence-corrected chi connectivity index (χ4v) is 3.75. The molecule has 0 fully saturated rings. The zero-order valence-corrected chi connectivity index (χ0v) is 16.6. The Hall–Kier alpha value is -1.68. The molecule has 0 spiro atoms. The summed E-state index contributed by atoms with van der Waals surface area (Å²) in [5.41, 5.74) is 6.11. The Kier molecular flexibility index (Phi) is 4.89. The lowest BCUT2D eigenvalue weighted by Gasteiger charge is -2.16. The molecule has 0 radical (unpaired) electrons. The van der Waals surface area contributed by atoms with E-state index in [1.807, 2.05) is 6.07 Å². The molecule has 124 valence electrons. The summed E-state index contributed by atoms with van der Waals surface area (Å²) in [5, 5.41) is 0. The van der Waals surface area contributed by atoms with Gasteiger partial charge in [-0.25, -0.2) is 0 Å². The molecule has 0 amide bonds. The van der Waals surface area contributed by atoms with Crippen LogP contribution in [0.4, 0.5) is 0 Å². The van der Waals surface area contributed by atoms with Crippen LogP contribution in [0.2, 0.25) is 0 Å². The Morgan fingerprint density at radius 2 is 1.28 bits per heavy atom. The first-order chi connectivity index (χ1) is 12.2. The van der Waals surface area contributed by atoms with Gasteiger partial charge in [0, 0.05) is 8.95 Å². The first-order valence-electron chi connectivity index (χ1n) is 8.14. The average Bonchev–Trinajstić information content (AvgIpc) is 3.09. The van der Waals surface area contributed by atoms with Gasteiger partial charge in [-0.2, -0.15) is 0 Å². The highest BCUT2D eigenvalue weighted by atomic mass is 79.9. The molecular formula is C22H16Br2O. The number of benzene rings is 3. The SMILES string of the molecule is Brc1ccc(C2=C(c3ccccc3)C(c3ccc(Br)cc3)OC2)cc1. The molecule has 4 rings (SSSR count). The summed E-state index contributed by atoms with van der Waals surface area (Å²) in [6.07, 6.45) is -0.0471. The molecule has 1 heterocycles. The van der Waals surface area contributed by atoms with Crippen molar-refractivity contribution in [2.45, 2.75) is 6.10 Å². The topological polar surface area (TPSA) is 9.23 Å². The van der Waals surface area contributed by atoms with E-state index in [4.69, 9.17) is 4.74 Å². The molecule has 0 aromatic heterocycles. The van der Waals surface area contributed by atoms with E-state index >= 15 is 0 Å². The maximum Gasteiger partial charge on any atom is 0.109 e. The molecule has 1 atom stereocenters. The predicted molar refractivity (Wildman–Crippen MR) is 110 cm³/mol. The van der Waals surface area contributed by atoms with Crippen LogP contribution in [0.5, 0.6) is 0 Å². The Bertz CT molecular complexity index is 897. The molecule has 1 unspecified atom stereocenters. The van der Waals surface area contributed by atoms with Gasteiger partial charge in [0.15, 0.2) is 0 Å². The largest absolute Gasteiger partial charge is 0.364 e. The van der Waals surface area contributed by atoms with E-state index in [9.17, 15) is 0 Å². The highest BCUT2D eigenvalue weighted by Gasteiger charge is 2.29. The van der Waals surface area contributed by atoms with Crippen LogP contribution in [0.1, 0.15) is 22.8 Å². The van der Waals surface area contributed by atoms with Crippen LogP contribution in [0.3, 0.4) is 0 Å². The summed E-state index contributed by atoms with van der Waals surface area (Å²) in [6, 6.07) is 27.4. The van der Waals surface area contributed by atoms with Gasteiger partial charge in [0.05, 0.1) is 6.61 Å². The van der Waals surface area contributed by atoms with Gasteiger partial charge >= 0.3 is 0 Å². The predicted octanol–water partition coefficient (Wildman–Crippen LogP) is 6.89. The van der Waals surface area contributed by atoms with Gasteiger partial charge in [-0.1, -0.05) is 86.5 Å². The van der Waals surface area contributed by atoms with Gasteiger partial charge in [0.25, 0.3) is 0 Å². The number of hydrogen-bond acceptors (Lipinski definition) is 1. The molecule has 0 aliphatic carbocycles. The number of halogens is 2. The third-order valence-electron chi connectivity index (χ3n) is 4.43.